The van der Waals surface area contributed by atoms with Crippen LogP contribution >= 0.6 is 11.6 Å². The highest BCUT2D eigenvalue weighted by Gasteiger charge is 2.45. The van der Waals surface area contributed by atoms with E-state index in [1.807, 2.05) is 50.2 Å². The van der Waals surface area contributed by atoms with Gasteiger partial charge in [-0.05, 0) is 84.0 Å². The smallest absolute Gasteiger partial charge is 0.422 e. The van der Waals surface area contributed by atoms with Crippen molar-refractivity contribution in [2.24, 2.45) is 5.41 Å². The SMILES string of the molecule is COc1ccc(-c2ccccc2NC(=O)C(=O)NCC(C)(C)CNC(=O)c2ccc(Nc3nc(NC4(c5ccc(Cl)cc5)CC4)nc(OCC(F)(F)F)n3)cc2)cc1. The molecule has 5 N–H and O–H groups in total. The summed E-state index contributed by atoms with van der Waals surface area (Å²) in [5.41, 5.74) is 2.51. The van der Waals surface area contributed by atoms with E-state index in [0.717, 1.165) is 29.5 Å². The van der Waals surface area contributed by atoms with E-state index >= 15 is 0 Å². The molecule has 1 aliphatic carbocycles. The van der Waals surface area contributed by atoms with Crippen molar-refractivity contribution in [3.63, 3.8) is 0 Å². The van der Waals surface area contributed by atoms with Gasteiger partial charge in [-0.1, -0.05) is 67.9 Å². The highest BCUT2D eigenvalue weighted by molar-refractivity contribution is 6.40. The number of aromatic nitrogens is 3. The number of amides is 3. The first kappa shape index (κ1) is 41.2. The van der Waals surface area contributed by atoms with Gasteiger partial charge < -0.3 is 36.1 Å². The lowest BCUT2D eigenvalue weighted by molar-refractivity contribution is -0.154. The molecule has 0 spiro atoms. The first-order valence-corrected chi connectivity index (χ1v) is 18.5. The molecule has 13 nitrogen and oxygen atoms in total. The fraction of sp³-hybridized carbons (Fsp3) is 0.268. The molecule has 1 saturated carbocycles. The van der Waals surface area contributed by atoms with E-state index in [4.69, 9.17) is 21.1 Å². The van der Waals surface area contributed by atoms with Gasteiger partial charge in [0, 0.05) is 40.6 Å². The number of methoxy groups -OCH3 is 1. The van der Waals surface area contributed by atoms with Crippen molar-refractivity contribution >= 4 is 52.6 Å². The van der Waals surface area contributed by atoms with Gasteiger partial charge in [0.15, 0.2) is 6.61 Å². The minimum atomic E-state index is -4.61. The fourth-order valence-corrected chi connectivity index (χ4v) is 5.91. The Labute approximate surface area is 337 Å². The molecule has 17 heteroatoms. The summed E-state index contributed by atoms with van der Waals surface area (Å²) < 4.78 is 49.0. The third-order valence-corrected chi connectivity index (χ3v) is 9.37. The number of halogens is 4. The second-order valence-electron chi connectivity index (χ2n) is 14.3. The lowest BCUT2D eigenvalue weighted by Crippen LogP contribution is -2.45. The van der Waals surface area contributed by atoms with Crippen molar-refractivity contribution in [2.75, 3.05) is 42.8 Å². The van der Waals surface area contributed by atoms with Crippen molar-refractivity contribution < 1.29 is 37.0 Å². The zero-order valence-corrected chi connectivity index (χ0v) is 32.4. The topological polar surface area (TPSA) is 168 Å². The van der Waals surface area contributed by atoms with Crippen LogP contribution in [0, 0.1) is 5.41 Å². The molecule has 1 aliphatic rings. The summed E-state index contributed by atoms with van der Waals surface area (Å²) in [5, 5.41) is 14.9. The summed E-state index contributed by atoms with van der Waals surface area (Å²) in [7, 11) is 1.57. The fourth-order valence-electron chi connectivity index (χ4n) is 5.78. The van der Waals surface area contributed by atoms with E-state index in [9.17, 15) is 27.6 Å². The largest absolute Gasteiger partial charge is 0.497 e. The monoisotopic (exact) mass is 816 g/mol. The maximum Gasteiger partial charge on any atom is 0.422 e. The van der Waals surface area contributed by atoms with Crippen LogP contribution in [0.25, 0.3) is 11.1 Å². The number of nitrogens with zero attached hydrogens (tertiary/aromatic N) is 3. The highest BCUT2D eigenvalue weighted by Crippen LogP contribution is 2.48. The average Bonchev–Trinajstić information content (AvgIpc) is 3.99. The van der Waals surface area contributed by atoms with Crippen LogP contribution in [-0.2, 0) is 15.1 Å². The van der Waals surface area contributed by atoms with Crippen molar-refractivity contribution in [1.82, 2.24) is 25.6 Å². The molecule has 0 unspecified atom stereocenters. The molecule has 0 radical (unpaired) electrons. The van der Waals surface area contributed by atoms with Gasteiger partial charge in [-0.3, -0.25) is 14.4 Å². The molecule has 4 aromatic carbocycles. The molecule has 1 heterocycles. The van der Waals surface area contributed by atoms with Crippen LogP contribution in [0.2, 0.25) is 5.02 Å². The highest BCUT2D eigenvalue weighted by atomic mass is 35.5. The van der Waals surface area contributed by atoms with Crippen LogP contribution in [-0.4, -0.2) is 65.7 Å². The normalized spacial score (nSPS) is 13.2. The van der Waals surface area contributed by atoms with E-state index in [-0.39, 0.29) is 25.0 Å². The van der Waals surface area contributed by atoms with Gasteiger partial charge in [0.05, 0.1) is 12.6 Å². The van der Waals surface area contributed by atoms with Crippen LogP contribution < -0.4 is 36.1 Å². The third-order valence-electron chi connectivity index (χ3n) is 9.12. The van der Waals surface area contributed by atoms with Gasteiger partial charge in [0.1, 0.15) is 5.75 Å². The van der Waals surface area contributed by atoms with E-state index in [2.05, 4.69) is 41.5 Å². The Morgan fingerprint density at radius 1 is 0.793 bits per heavy atom. The van der Waals surface area contributed by atoms with Crippen LogP contribution in [0.15, 0.2) is 97.1 Å². The molecular weight excluding hydrogens is 777 g/mol. The number of nitrogens with one attached hydrogen (secondary N) is 5. The summed E-state index contributed by atoms with van der Waals surface area (Å²) in [5.74, 6) is -1.46. The standard InChI is InChI=1S/C41H40ClF3N8O5/c1-39(2,23-47-34(55)35(56)49-32-7-5-4-6-31(32)25-10-18-30(57-3)19-11-25)22-46-33(54)26-8-16-29(17-9-26)48-36-50-37(52-38(51-36)58-24-41(43,44)45)53-40(20-21-40)27-12-14-28(42)15-13-27/h4-19H,20-24H2,1-3H3,(H,46,54)(H,47,55)(H,49,56)(H2,48,50,51,52,53). The minimum absolute atomic E-state index is 0.00705. The molecule has 0 atom stereocenters. The maximum atomic E-state index is 13.1. The summed E-state index contributed by atoms with van der Waals surface area (Å²) in [6.07, 6.45) is -3.15. The lowest BCUT2D eigenvalue weighted by Gasteiger charge is -2.25. The molecule has 0 saturated heterocycles. The van der Waals surface area contributed by atoms with E-state index < -0.39 is 47.5 Å². The maximum absolute atomic E-state index is 13.1. The van der Waals surface area contributed by atoms with Gasteiger partial charge >= 0.3 is 24.0 Å². The molecular formula is C41H40ClF3N8O5. The Morgan fingerprint density at radius 3 is 2.10 bits per heavy atom. The number of hydrogen-bond donors (Lipinski definition) is 5. The molecule has 6 rings (SSSR count). The Bertz CT molecular complexity index is 2250. The quantitative estimate of drug-likeness (QED) is 0.0668. The second-order valence-corrected chi connectivity index (χ2v) is 14.8. The van der Waals surface area contributed by atoms with Crippen LogP contribution in [0.4, 0.5) is 36.4 Å². The number of anilines is 4. The van der Waals surface area contributed by atoms with Gasteiger partial charge in [-0.2, -0.15) is 28.1 Å². The van der Waals surface area contributed by atoms with Crippen molar-refractivity contribution in [3.8, 4) is 22.9 Å². The summed E-state index contributed by atoms with van der Waals surface area (Å²) >= 11 is 6.05. The average molecular weight is 817 g/mol. The Hall–Kier alpha value is -6.42. The zero-order chi connectivity index (χ0) is 41.5. The van der Waals surface area contributed by atoms with E-state index in [1.165, 1.54) is 0 Å². The Balaban J connectivity index is 1.02. The van der Waals surface area contributed by atoms with Gasteiger partial charge in [-0.15, -0.1) is 0 Å². The molecule has 58 heavy (non-hydrogen) atoms. The predicted octanol–water partition coefficient (Wildman–Crippen LogP) is 7.50. The second kappa shape index (κ2) is 17.4. The third kappa shape index (κ3) is 11.1. The van der Waals surface area contributed by atoms with Crippen molar-refractivity contribution in [2.45, 2.75) is 38.4 Å². The minimum Gasteiger partial charge on any atom is -0.497 e. The molecule has 1 aromatic heterocycles. The Kier molecular flexibility index (Phi) is 12.4. The number of carbonyl (C=O) groups is 3. The first-order chi connectivity index (χ1) is 27.6. The zero-order valence-electron chi connectivity index (χ0n) is 31.7. The molecule has 0 aliphatic heterocycles. The molecule has 1 fully saturated rings. The Morgan fingerprint density at radius 2 is 1.45 bits per heavy atom. The number of para-hydroxylation sites is 1. The van der Waals surface area contributed by atoms with Crippen LogP contribution in [0.5, 0.6) is 11.8 Å². The summed E-state index contributed by atoms with van der Waals surface area (Å²) in [6, 6.07) is 27.3. The molecule has 5 aromatic rings. The van der Waals surface area contributed by atoms with E-state index in [0.29, 0.717) is 27.7 Å². The first-order valence-electron chi connectivity index (χ1n) is 18.1. The number of alkyl halides is 3. The summed E-state index contributed by atoms with van der Waals surface area (Å²) in [6.45, 7) is 2.29. The number of hydrogen-bond acceptors (Lipinski definition) is 10. The number of rotatable bonds is 15. The van der Waals surface area contributed by atoms with E-state index in [1.54, 1.807) is 67.8 Å². The van der Waals surface area contributed by atoms with Gasteiger partial charge in [-0.25, -0.2) is 0 Å². The van der Waals surface area contributed by atoms with Crippen LogP contribution in [0.1, 0.15) is 42.6 Å². The van der Waals surface area contributed by atoms with Crippen molar-refractivity contribution in [3.05, 3.63) is 113 Å². The van der Waals surface area contributed by atoms with Crippen molar-refractivity contribution in [1.29, 1.82) is 0 Å². The van der Waals surface area contributed by atoms with Gasteiger partial charge in [0.2, 0.25) is 11.9 Å². The number of carbonyl (C=O) groups excluding carboxylic acids is 3. The lowest BCUT2D eigenvalue weighted by atomic mass is 9.93. The van der Waals surface area contributed by atoms with Gasteiger partial charge in [0.25, 0.3) is 5.91 Å². The number of benzene rings is 4. The summed E-state index contributed by atoms with van der Waals surface area (Å²) in [4.78, 5) is 51.1. The van der Waals surface area contributed by atoms with Crippen LogP contribution in [0.3, 0.4) is 0 Å². The number of ether oxygens (including phenoxy) is 2. The molecule has 3 amide bonds. The molecule has 0 bridgehead atoms. The molecule has 302 valence electrons. The predicted molar refractivity (Wildman–Crippen MR) is 213 cm³/mol.